The van der Waals surface area contributed by atoms with Crippen LogP contribution in [-0.4, -0.2) is 53.6 Å². The van der Waals surface area contributed by atoms with Crippen molar-refractivity contribution in [1.82, 2.24) is 9.80 Å². The lowest BCUT2D eigenvalue weighted by Gasteiger charge is -2.42. The standard InChI is InChI=1S/C16H24N2O2S/c1-12(2)18-14-5-7-17(10-13-4-3-9-21-13)8-6-15(14)20-11-16(18)19/h3-4,9,12,14-15H,5-8,10-11H2,1-2H3/t14-,15-/m0/s1. The molecule has 2 aliphatic heterocycles. The summed E-state index contributed by atoms with van der Waals surface area (Å²) in [4.78, 5) is 18.1. The first-order chi connectivity index (χ1) is 10.1. The first-order valence-electron chi connectivity index (χ1n) is 7.82. The van der Waals surface area contributed by atoms with E-state index in [2.05, 4.69) is 41.2 Å². The lowest BCUT2D eigenvalue weighted by atomic mass is 10.0. The Morgan fingerprint density at radius 3 is 2.90 bits per heavy atom. The molecule has 5 heteroatoms. The fraction of sp³-hybridized carbons (Fsp3) is 0.688. The topological polar surface area (TPSA) is 32.8 Å². The van der Waals surface area contributed by atoms with Gasteiger partial charge in [-0.05, 0) is 38.1 Å². The van der Waals surface area contributed by atoms with E-state index in [1.807, 2.05) is 11.3 Å². The minimum Gasteiger partial charge on any atom is -0.366 e. The van der Waals surface area contributed by atoms with Gasteiger partial charge < -0.3 is 9.64 Å². The highest BCUT2D eigenvalue weighted by atomic mass is 32.1. The molecule has 21 heavy (non-hydrogen) atoms. The number of nitrogens with zero attached hydrogens (tertiary/aromatic N) is 2. The maximum absolute atomic E-state index is 12.1. The quantitative estimate of drug-likeness (QED) is 0.859. The molecule has 0 unspecified atom stereocenters. The molecule has 0 bridgehead atoms. The van der Waals surface area contributed by atoms with Gasteiger partial charge in [0.2, 0.25) is 5.91 Å². The van der Waals surface area contributed by atoms with Gasteiger partial charge in [-0.1, -0.05) is 6.07 Å². The minimum atomic E-state index is 0.151. The molecule has 3 rings (SSSR count). The van der Waals surface area contributed by atoms with Crippen LogP contribution in [0.3, 0.4) is 0 Å². The summed E-state index contributed by atoms with van der Waals surface area (Å²) in [6.07, 6.45) is 2.24. The van der Waals surface area contributed by atoms with Crippen LogP contribution in [0.15, 0.2) is 17.5 Å². The summed E-state index contributed by atoms with van der Waals surface area (Å²) in [5.41, 5.74) is 0. The van der Waals surface area contributed by atoms with Gasteiger partial charge in [-0.2, -0.15) is 0 Å². The van der Waals surface area contributed by atoms with E-state index in [4.69, 9.17) is 4.74 Å². The SMILES string of the molecule is CC(C)N1C(=O)CO[C@H]2CCN(Cc3cccs3)CC[C@@H]21. The minimum absolute atomic E-state index is 0.151. The van der Waals surface area contributed by atoms with Crippen LogP contribution in [-0.2, 0) is 16.1 Å². The highest BCUT2D eigenvalue weighted by molar-refractivity contribution is 7.09. The van der Waals surface area contributed by atoms with Crippen LogP contribution in [0, 0.1) is 0 Å². The van der Waals surface area contributed by atoms with E-state index < -0.39 is 0 Å². The molecule has 2 fully saturated rings. The Hall–Kier alpha value is -0.910. The number of rotatable bonds is 3. The van der Waals surface area contributed by atoms with Crippen molar-refractivity contribution in [1.29, 1.82) is 0 Å². The molecule has 2 atom stereocenters. The fourth-order valence-corrected chi connectivity index (χ4v) is 4.26. The predicted octanol–water partition coefficient (Wildman–Crippen LogP) is 2.35. The highest BCUT2D eigenvalue weighted by Crippen LogP contribution is 2.27. The first-order valence-corrected chi connectivity index (χ1v) is 8.70. The number of amides is 1. The van der Waals surface area contributed by atoms with Crippen molar-refractivity contribution in [3.63, 3.8) is 0 Å². The maximum Gasteiger partial charge on any atom is 0.249 e. The Labute approximate surface area is 130 Å². The molecule has 1 aromatic rings. The van der Waals surface area contributed by atoms with Gasteiger partial charge in [0.05, 0.1) is 12.1 Å². The largest absolute Gasteiger partial charge is 0.366 e. The summed E-state index contributed by atoms with van der Waals surface area (Å²) in [7, 11) is 0. The number of ether oxygens (including phenoxy) is 1. The monoisotopic (exact) mass is 308 g/mol. The van der Waals surface area contributed by atoms with E-state index in [0.717, 1.165) is 32.5 Å². The van der Waals surface area contributed by atoms with E-state index in [1.54, 1.807) is 0 Å². The van der Waals surface area contributed by atoms with Crippen LogP contribution < -0.4 is 0 Å². The molecule has 0 aliphatic carbocycles. The van der Waals surface area contributed by atoms with Crippen molar-refractivity contribution in [3.05, 3.63) is 22.4 Å². The maximum atomic E-state index is 12.1. The van der Waals surface area contributed by atoms with Crippen molar-refractivity contribution in [2.75, 3.05) is 19.7 Å². The number of carbonyl (C=O) groups is 1. The smallest absolute Gasteiger partial charge is 0.249 e. The van der Waals surface area contributed by atoms with Gasteiger partial charge in [0.15, 0.2) is 0 Å². The van der Waals surface area contributed by atoms with E-state index >= 15 is 0 Å². The predicted molar refractivity (Wildman–Crippen MR) is 84.3 cm³/mol. The average Bonchev–Trinajstić information content (AvgIpc) is 2.87. The summed E-state index contributed by atoms with van der Waals surface area (Å²) >= 11 is 1.82. The summed E-state index contributed by atoms with van der Waals surface area (Å²) in [5, 5.41) is 2.13. The van der Waals surface area contributed by atoms with Crippen LogP contribution in [0.5, 0.6) is 0 Å². The summed E-state index contributed by atoms with van der Waals surface area (Å²) in [6, 6.07) is 4.82. The second-order valence-electron chi connectivity index (χ2n) is 6.24. The third kappa shape index (κ3) is 3.30. The van der Waals surface area contributed by atoms with Gasteiger partial charge >= 0.3 is 0 Å². The lowest BCUT2D eigenvalue weighted by molar-refractivity contribution is -0.160. The van der Waals surface area contributed by atoms with Gasteiger partial charge in [0.1, 0.15) is 6.61 Å². The second-order valence-corrected chi connectivity index (χ2v) is 7.28. The van der Waals surface area contributed by atoms with Crippen molar-refractivity contribution in [2.45, 2.75) is 51.4 Å². The Morgan fingerprint density at radius 2 is 2.19 bits per heavy atom. The van der Waals surface area contributed by atoms with Gasteiger partial charge in [-0.15, -0.1) is 11.3 Å². The molecule has 2 saturated heterocycles. The molecule has 1 aromatic heterocycles. The molecule has 2 aliphatic rings. The number of hydrogen-bond donors (Lipinski definition) is 0. The number of morpholine rings is 1. The highest BCUT2D eigenvalue weighted by Gasteiger charge is 2.39. The molecular formula is C16H24N2O2S. The third-order valence-electron chi connectivity index (χ3n) is 4.48. The molecule has 1 amide bonds. The fourth-order valence-electron chi connectivity index (χ4n) is 3.52. The van der Waals surface area contributed by atoms with Gasteiger partial charge in [0.25, 0.3) is 0 Å². The van der Waals surface area contributed by atoms with E-state index in [1.165, 1.54) is 4.88 Å². The third-order valence-corrected chi connectivity index (χ3v) is 5.34. The zero-order valence-electron chi connectivity index (χ0n) is 12.8. The normalized spacial score (nSPS) is 27.8. The molecule has 0 aromatic carbocycles. The number of thiophene rings is 1. The summed E-state index contributed by atoms with van der Waals surface area (Å²) in [6.45, 7) is 7.58. The summed E-state index contributed by atoms with van der Waals surface area (Å²) < 4.78 is 5.82. The van der Waals surface area contributed by atoms with Crippen molar-refractivity contribution < 1.29 is 9.53 Å². The molecular weight excluding hydrogens is 284 g/mol. The second kappa shape index (κ2) is 6.46. The zero-order chi connectivity index (χ0) is 14.8. The molecule has 116 valence electrons. The van der Waals surface area contributed by atoms with Gasteiger partial charge in [-0.25, -0.2) is 0 Å². The molecule has 0 N–H and O–H groups in total. The van der Waals surface area contributed by atoms with Crippen molar-refractivity contribution in [3.8, 4) is 0 Å². The molecule has 0 saturated carbocycles. The number of likely N-dealkylation sites (tertiary alicyclic amines) is 1. The Bertz CT molecular complexity index is 475. The summed E-state index contributed by atoms with van der Waals surface area (Å²) in [5.74, 6) is 0.151. The van der Waals surface area contributed by atoms with Crippen LogP contribution >= 0.6 is 11.3 Å². The molecule has 0 radical (unpaired) electrons. The van der Waals surface area contributed by atoms with E-state index in [-0.39, 0.29) is 30.7 Å². The first kappa shape index (κ1) is 15.0. The molecule has 4 nitrogen and oxygen atoms in total. The van der Waals surface area contributed by atoms with Crippen LogP contribution in [0.25, 0.3) is 0 Å². The average molecular weight is 308 g/mol. The number of fused-ring (bicyclic) bond motifs is 1. The van der Waals surface area contributed by atoms with Gasteiger partial charge in [0, 0.05) is 30.6 Å². The van der Waals surface area contributed by atoms with Gasteiger partial charge in [-0.3, -0.25) is 9.69 Å². The Kier molecular flexibility index (Phi) is 4.62. The molecule has 3 heterocycles. The van der Waals surface area contributed by atoms with E-state index in [9.17, 15) is 4.79 Å². The van der Waals surface area contributed by atoms with Crippen molar-refractivity contribution >= 4 is 17.2 Å². The number of hydrogen-bond acceptors (Lipinski definition) is 4. The lowest BCUT2D eigenvalue weighted by Crippen LogP contribution is -2.56. The Morgan fingerprint density at radius 1 is 1.38 bits per heavy atom. The zero-order valence-corrected chi connectivity index (χ0v) is 13.6. The molecule has 0 spiro atoms. The number of carbonyl (C=O) groups excluding carboxylic acids is 1. The Balaban J connectivity index is 1.67. The van der Waals surface area contributed by atoms with Crippen LogP contribution in [0.4, 0.5) is 0 Å². The van der Waals surface area contributed by atoms with Crippen LogP contribution in [0.1, 0.15) is 31.6 Å². The van der Waals surface area contributed by atoms with E-state index in [0.29, 0.717) is 0 Å². The van der Waals surface area contributed by atoms with Crippen molar-refractivity contribution in [2.24, 2.45) is 0 Å². The van der Waals surface area contributed by atoms with Crippen LogP contribution in [0.2, 0.25) is 0 Å².